The quantitative estimate of drug-likeness (QED) is 0.816. The van der Waals surface area contributed by atoms with Crippen LogP contribution in [-0.2, 0) is 10.2 Å². The van der Waals surface area contributed by atoms with Gasteiger partial charge in [-0.05, 0) is 36.0 Å². The number of carbonyl (C=O) groups is 2. The van der Waals surface area contributed by atoms with Crippen molar-refractivity contribution < 1.29 is 9.59 Å². The lowest BCUT2D eigenvalue weighted by Crippen LogP contribution is -2.35. The van der Waals surface area contributed by atoms with Gasteiger partial charge in [0, 0.05) is 24.6 Å². The summed E-state index contributed by atoms with van der Waals surface area (Å²) in [6.07, 6.45) is 2.00. The average Bonchev–Trinajstić information content (AvgIpc) is 3.27. The Labute approximate surface area is 126 Å². The molecule has 1 aromatic carbocycles. The summed E-state index contributed by atoms with van der Waals surface area (Å²) < 4.78 is 0. The molecule has 0 atom stereocenters. The molecular weight excluding hydrogens is 264 g/mol. The predicted octanol–water partition coefficient (Wildman–Crippen LogP) is 2.24. The van der Waals surface area contributed by atoms with Gasteiger partial charge in [0.2, 0.25) is 5.91 Å². The molecule has 1 saturated carbocycles. The average molecular weight is 288 g/mol. The van der Waals surface area contributed by atoms with Gasteiger partial charge in [0.1, 0.15) is 0 Å². The maximum Gasteiger partial charge on any atom is 0.251 e. The molecule has 4 heteroatoms. The standard InChI is InChI=1S/C17H24N2O2/c1-17(2,3)14-8-6-13(7-9-14)16(21)19-11-10-18-15(20)12-4-5-12/h6-9,12H,4-5,10-11H2,1-3H3,(H,18,20)(H,19,21). The summed E-state index contributed by atoms with van der Waals surface area (Å²) in [5.41, 5.74) is 1.94. The van der Waals surface area contributed by atoms with Crippen LogP contribution in [0.3, 0.4) is 0 Å². The first kappa shape index (κ1) is 15.5. The molecular formula is C17H24N2O2. The number of amides is 2. The Bertz CT molecular complexity index is 511. The Balaban J connectivity index is 1.76. The third-order valence-electron chi connectivity index (χ3n) is 3.67. The Hall–Kier alpha value is -1.84. The second kappa shape index (κ2) is 6.29. The minimum Gasteiger partial charge on any atom is -0.354 e. The summed E-state index contributed by atoms with van der Waals surface area (Å²) in [6, 6.07) is 7.67. The number of hydrogen-bond acceptors (Lipinski definition) is 2. The largest absolute Gasteiger partial charge is 0.354 e. The predicted molar refractivity (Wildman–Crippen MR) is 83.2 cm³/mol. The van der Waals surface area contributed by atoms with Gasteiger partial charge >= 0.3 is 0 Å². The molecule has 1 fully saturated rings. The van der Waals surface area contributed by atoms with Crippen LogP contribution in [0.4, 0.5) is 0 Å². The molecule has 4 nitrogen and oxygen atoms in total. The van der Waals surface area contributed by atoms with Crippen molar-refractivity contribution in [2.75, 3.05) is 13.1 Å². The highest BCUT2D eigenvalue weighted by atomic mass is 16.2. The fourth-order valence-corrected chi connectivity index (χ4v) is 2.08. The Kier molecular flexibility index (Phi) is 4.66. The van der Waals surface area contributed by atoms with Crippen molar-refractivity contribution in [3.8, 4) is 0 Å². The van der Waals surface area contributed by atoms with Crippen molar-refractivity contribution in [2.24, 2.45) is 5.92 Å². The zero-order valence-corrected chi connectivity index (χ0v) is 13.0. The third kappa shape index (κ3) is 4.59. The summed E-state index contributed by atoms with van der Waals surface area (Å²) in [5, 5.41) is 5.64. The summed E-state index contributed by atoms with van der Waals surface area (Å²) in [5.74, 6) is 0.223. The van der Waals surface area contributed by atoms with E-state index < -0.39 is 0 Å². The molecule has 0 aliphatic heterocycles. The minimum atomic E-state index is -0.101. The van der Waals surface area contributed by atoms with Gasteiger partial charge < -0.3 is 10.6 Å². The fourth-order valence-electron chi connectivity index (χ4n) is 2.08. The SMILES string of the molecule is CC(C)(C)c1ccc(C(=O)NCCNC(=O)C2CC2)cc1. The lowest BCUT2D eigenvalue weighted by atomic mass is 9.87. The highest BCUT2D eigenvalue weighted by molar-refractivity contribution is 5.94. The van der Waals surface area contributed by atoms with Gasteiger partial charge in [-0.25, -0.2) is 0 Å². The van der Waals surface area contributed by atoms with Crippen molar-refractivity contribution in [1.82, 2.24) is 10.6 Å². The molecule has 0 aromatic heterocycles. The van der Waals surface area contributed by atoms with E-state index in [2.05, 4.69) is 31.4 Å². The van der Waals surface area contributed by atoms with Gasteiger partial charge in [-0.1, -0.05) is 32.9 Å². The summed E-state index contributed by atoms with van der Waals surface area (Å²) in [6.45, 7) is 7.37. The maximum atomic E-state index is 12.0. The van der Waals surface area contributed by atoms with E-state index >= 15 is 0 Å². The maximum absolute atomic E-state index is 12.0. The number of carbonyl (C=O) groups excluding carboxylic acids is 2. The van der Waals surface area contributed by atoms with Crippen LogP contribution in [0.1, 0.15) is 49.5 Å². The van der Waals surface area contributed by atoms with Crippen molar-refractivity contribution in [2.45, 2.75) is 39.0 Å². The van der Waals surface area contributed by atoms with E-state index in [4.69, 9.17) is 0 Å². The van der Waals surface area contributed by atoms with Crippen molar-refractivity contribution in [3.63, 3.8) is 0 Å². The normalized spacial score (nSPS) is 14.6. The van der Waals surface area contributed by atoms with E-state index in [1.165, 1.54) is 5.56 Å². The zero-order chi connectivity index (χ0) is 15.5. The smallest absolute Gasteiger partial charge is 0.251 e. The van der Waals surface area contributed by atoms with Crippen LogP contribution in [-0.4, -0.2) is 24.9 Å². The second-order valence-corrected chi connectivity index (χ2v) is 6.65. The van der Waals surface area contributed by atoms with Crippen LogP contribution < -0.4 is 10.6 Å². The van der Waals surface area contributed by atoms with E-state index in [1.807, 2.05) is 24.3 Å². The second-order valence-electron chi connectivity index (χ2n) is 6.65. The molecule has 114 valence electrons. The molecule has 1 aromatic rings. The minimum absolute atomic E-state index is 0.0854. The molecule has 1 aliphatic carbocycles. The van der Waals surface area contributed by atoms with Gasteiger partial charge in [-0.15, -0.1) is 0 Å². The topological polar surface area (TPSA) is 58.2 Å². The van der Waals surface area contributed by atoms with Gasteiger partial charge in [0.15, 0.2) is 0 Å². The highest BCUT2D eigenvalue weighted by Gasteiger charge is 2.28. The molecule has 0 bridgehead atoms. The molecule has 21 heavy (non-hydrogen) atoms. The van der Waals surface area contributed by atoms with E-state index in [9.17, 15) is 9.59 Å². The number of nitrogens with one attached hydrogen (secondary N) is 2. The zero-order valence-electron chi connectivity index (χ0n) is 13.0. The van der Waals surface area contributed by atoms with Crippen LogP contribution in [0, 0.1) is 5.92 Å². The van der Waals surface area contributed by atoms with Crippen molar-refractivity contribution in [1.29, 1.82) is 0 Å². The number of benzene rings is 1. The van der Waals surface area contributed by atoms with Crippen LogP contribution in [0.15, 0.2) is 24.3 Å². The van der Waals surface area contributed by atoms with Crippen LogP contribution in [0.25, 0.3) is 0 Å². The van der Waals surface area contributed by atoms with Crippen LogP contribution in [0.5, 0.6) is 0 Å². The molecule has 0 unspecified atom stereocenters. The van der Waals surface area contributed by atoms with E-state index in [1.54, 1.807) is 0 Å². The molecule has 0 saturated heterocycles. The van der Waals surface area contributed by atoms with E-state index in [0.717, 1.165) is 12.8 Å². The first-order valence-electron chi connectivity index (χ1n) is 7.54. The van der Waals surface area contributed by atoms with Crippen LogP contribution in [0.2, 0.25) is 0 Å². The van der Waals surface area contributed by atoms with Crippen LogP contribution >= 0.6 is 0 Å². The number of hydrogen-bond donors (Lipinski definition) is 2. The van der Waals surface area contributed by atoms with E-state index in [0.29, 0.717) is 18.7 Å². The first-order valence-corrected chi connectivity index (χ1v) is 7.54. The number of rotatable bonds is 5. The molecule has 2 rings (SSSR count). The lowest BCUT2D eigenvalue weighted by Gasteiger charge is -2.19. The van der Waals surface area contributed by atoms with Gasteiger partial charge in [-0.3, -0.25) is 9.59 Å². The molecule has 0 heterocycles. The Morgan fingerprint density at radius 3 is 2.14 bits per heavy atom. The molecule has 1 aliphatic rings. The van der Waals surface area contributed by atoms with Gasteiger partial charge in [0.25, 0.3) is 5.91 Å². The third-order valence-corrected chi connectivity index (χ3v) is 3.67. The van der Waals surface area contributed by atoms with Crippen molar-refractivity contribution >= 4 is 11.8 Å². The molecule has 0 spiro atoms. The summed E-state index contributed by atoms with van der Waals surface area (Å²) >= 11 is 0. The Morgan fingerprint density at radius 1 is 1.05 bits per heavy atom. The first-order chi connectivity index (χ1) is 9.88. The Morgan fingerprint density at radius 2 is 1.62 bits per heavy atom. The monoisotopic (exact) mass is 288 g/mol. The molecule has 2 amide bonds. The summed E-state index contributed by atoms with van der Waals surface area (Å²) in [4.78, 5) is 23.4. The molecule has 0 radical (unpaired) electrons. The summed E-state index contributed by atoms with van der Waals surface area (Å²) in [7, 11) is 0. The van der Waals surface area contributed by atoms with E-state index in [-0.39, 0.29) is 23.1 Å². The fraction of sp³-hybridized carbons (Fsp3) is 0.529. The van der Waals surface area contributed by atoms with Crippen molar-refractivity contribution in [3.05, 3.63) is 35.4 Å². The highest BCUT2D eigenvalue weighted by Crippen LogP contribution is 2.28. The molecule has 2 N–H and O–H groups in total. The van der Waals surface area contributed by atoms with Gasteiger partial charge in [0.05, 0.1) is 0 Å². The van der Waals surface area contributed by atoms with Gasteiger partial charge in [-0.2, -0.15) is 0 Å². The lowest BCUT2D eigenvalue weighted by molar-refractivity contribution is -0.122.